The van der Waals surface area contributed by atoms with E-state index in [4.69, 9.17) is 0 Å². The molecule has 0 aromatic heterocycles. The molecular weight excluding hydrogens is 371 g/mol. The molecule has 0 spiro atoms. The van der Waals surface area contributed by atoms with Crippen molar-refractivity contribution in [3.63, 3.8) is 0 Å². The zero-order chi connectivity index (χ0) is 20.6. The minimum absolute atomic E-state index is 0. The fourth-order valence-corrected chi connectivity index (χ4v) is 0.722. The average Bonchev–Trinajstić information content (AvgIpc) is 2.61. The van der Waals surface area contributed by atoms with Crippen LogP contribution in [0.5, 0.6) is 0 Å². The van der Waals surface area contributed by atoms with Gasteiger partial charge in [0.2, 0.25) is 0 Å². The van der Waals surface area contributed by atoms with Gasteiger partial charge in [-0.3, -0.25) is 0 Å². The molecule has 0 heterocycles. The Morgan fingerprint density at radius 2 is 0.462 bits per heavy atom. The molecule has 5 nitrogen and oxygen atoms in total. The Kier molecular flexibility index (Phi) is 100. The molecule has 0 rings (SSSR count). The minimum Gasteiger partial charge on any atom is -0.854 e. The summed E-state index contributed by atoms with van der Waals surface area (Å²) in [7, 11) is 0. The molecule has 6 heteroatoms. The first kappa shape index (κ1) is 40.9. The normalized spacial score (nSPS) is 8.08. The van der Waals surface area contributed by atoms with Crippen molar-refractivity contribution in [3.05, 3.63) is 0 Å². The maximum absolute atomic E-state index is 9.53. The van der Waals surface area contributed by atoms with Crippen molar-refractivity contribution in [3.8, 4) is 0 Å². The van der Waals surface area contributed by atoms with Crippen LogP contribution in [0.3, 0.4) is 0 Å². The average molecular weight is 417 g/mol. The smallest absolute Gasteiger partial charge is 0 e. The molecule has 0 amide bonds. The van der Waals surface area contributed by atoms with Crippen molar-refractivity contribution in [2.45, 2.75) is 98.8 Å². The second-order valence-corrected chi connectivity index (χ2v) is 5.29. The zero-order valence-electron chi connectivity index (χ0n) is 18.1. The molecule has 0 aliphatic rings. The van der Waals surface area contributed by atoms with Gasteiger partial charge < -0.3 is 25.5 Å². The Hall–Kier alpha value is 0.384. The van der Waals surface area contributed by atoms with E-state index in [1.165, 1.54) is 0 Å². The molecule has 165 valence electrons. The van der Waals surface area contributed by atoms with Crippen LogP contribution in [0.15, 0.2) is 0 Å². The summed E-state index contributed by atoms with van der Waals surface area (Å²) in [5, 5.41) is 47.6. The summed E-state index contributed by atoms with van der Waals surface area (Å²) in [6.45, 7) is 10.5. The third-order valence-electron chi connectivity index (χ3n) is 2.49. The first-order chi connectivity index (χ1) is 12.1. The molecule has 0 bridgehead atoms. The summed E-state index contributed by atoms with van der Waals surface area (Å²) >= 11 is 0. The van der Waals surface area contributed by atoms with Gasteiger partial charge in [-0.05, 0) is 0 Å². The Balaban J connectivity index is -0.0000000476. The van der Waals surface area contributed by atoms with Crippen LogP contribution in [-0.4, -0.2) is 33.0 Å². The topological polar surface area (TPSA) is 115 Å². The van der Waals surface area contributed by atoms with Crippen LogP contribution in [0.4, 0.5) is 0 Å². The van der Waals surface area contributed by atoms with Crippen molar-refractivity contribution in [1.82, 2.24) is 0 Å². The zero-order valence-corrected chi connectivity index (χ0v) is 19.5. The molecule has 0 aromatic carbocycles. The number of hydrogen-bond donors (Lipinski definition) is 0. The van der Waals surface area contributed by atoms with Crippen LogP contribution in [0.1, 0.15) is 98.8 Å². The number of hydrogen-bond acceptors (Lipinski definition) is 5. The Morgan fingerprint density at radius 1 is 0.346 bits per heavy atom. The molecule has 0 aromatic rings. The van der Waals surface area contributed by atoms with Crippen molar-refractivity contribution in [1.29, 1.82) is 0 Å². The molecule has 0 saturated carbocycles. The summed E-state index contributed by atoms with van der Waals surface area (Å²) in [5.74, 6) is 0. The van der Waals surface area contributed by atoms with E-state index in [0.717, 1.165) is 64.2 Å². The number of rotatable bonds is 10. The van der Waals surface area contributed by atoms with E-state index >= 15 is 0 Å². The van der Waals surface area contributed by atoms with E-state index in [1.807, 2.05) is 34.6 Å². The molecule has 1 radical (unpaired) electrons. The molecule has 0 aliphatic heterocycles. The Bertz CT molecular complexity index is 96.5. The second-order valence-electron chi connectivity index (χ2n) is 5.29. The van der Waals surface area contributed by atoms with Crippen LogP contribution >= 0.6 is 0 Å². The van der Waals surface area contributed by atoms with Gasteiger partial charge in [0, 0.05) is 18.6 Å². The summed E-state index contributed by atoms with van der Waals surface area (Å²) in [6.07, 6.45) is 9.32. The Labute approximate surface area is 176 Å². The van der Waals surface area contributed by atoms with Crippen molar-refractivity contribution in [2.24, 2.45) is 0 Å². The molecule has 0 saturated heterocycles. The van der Waals surface area contributed by atoms with Crippen LogP contribution in [0.2, 0.25) is 0 Å². The molecular formula is C20H45O5V-5. The van der Waals surface area contributed by atoms with Gasteiger partial charge in [-0.25, -0.2) is 0 Å². The maximum Gasteiger partial charge on any atom is 0 e. The van der Waals surface area contributed by atoms with Gasteiger partial charge in [-0.15, -0.1) is 33.0 Å². The van der Waals surface area contributed by atoms with Gasteiger partial charge in [-0.2, -0.15) is 0 Å². The van der Waals surface area contributed by atoms with Crippen molar-refractivity contribution in [2.75, 3.05) is 33.0 Å². The summed E-state index contributed by atoms with van der Waals surface area (Å²) in [5.41, 5.74) is 0. The third kappa shape index (κ3) is 124. The molecule has 0 aliphatic carbocycles. The number of unbranched alkanes of at least 4 members (excludes halogenated alkanes) is 5. The molecule has 0 atom stereocenters. The summed E-state index contributed by atoms with van der Waals surface area (Å²) in [4.78, 5) is 0. The van der Waals surface area contributed by atoms with Crippen LogP contribution in [-0.2, 0) is 18.6 Å². The van der Waals surface area contributed by atoms with Crippen molar-refractivity contribution >= 4 is 0 Å². The predicted octanol–water partition coefficient (Wildman–Crippen LogP) is 0.732. The molecule has 26 heavy (non-hydrogen) atoms. The largest absolute Gasteiger partial charge is 0.854 e. The van der Waals surface area contributed by atoms with Gasteiger partial charge in [0.25, 0.3) is 0 Å². The van der Waals surface area contributed by atoms with Crippen LogP contribution < -0.4 is 25.5 Å². The first-order valence-corrected chi connectivity index (χ1v) is 9.98. The standard InChI is InChI=1S/5C4H9O.V/c5*1-2-3-4-5;/h5*2-4H2,1H3;/q5*-1;. The molecule has 0 unspecified atom stereocenters. The second kappa shape index (κ2) is 63.8. The van der Waals surface area contributed by atoms with Gasteiger partial charge in [0.1, 0.15) is 0 Å². The molecule has 0 fully saturated rings. The van der Waals surface area contributed by atoms with Crippen LogP contribution in [0.25, 0.3) is 0 Å². The van der Waals surface area contributed by atoms with Gasteiger partial charge in [0.15, 0.2) is 0 Å². The minimum atomic E-state index is 0. The van der Waals surface area contributed by atoms with E-state index in [2.05, 4.69) is 0 Å². The van der Waals surface area contributed by atoms with E-state index < -0.39 is 0 Å². The van der Waals surface area contributed by atoms with Gasteiger partial charge >= 0.3 is 0 Å². The molecule has 0 N–H and O–H groups in total. The SMILES string of the molecule is CCCC[O-].CCCC[O-].CCCC[O-].CCCC[O-].CCCC[O-].[V]. The van der Waals surface area contributed by atoms with Crippen LogP contribution in [0, 0.1) is 0 Å². The fraction of sp³-hybridized carbons (Fsp3) is 1.00. The Morgan fingerprint density at radius 3 is 0.462 bits per heavy atom. The quantitative estimate of drug-likeness (QED) is 0.521. The first-order valence-electron chi connectivity index (χ1n) is 9.98. The maximum atomic E-state index is 9.53. The summed E-state index contributed by atoms with van der Waals surface area (Å²) < 4.78 is 0. The summed E-state index contributed by atoms with van der Waals surface area (Å²) in [6, 6.07) is 0. The predicted molar refractivity (Wildman–Crippen MR) is 98.9 cm³/mol. The fourth-order valence-electron chi connectivity index (χ4n) is 0.722. The monoisotopic (exact) mass is 416 g/mol. The van der Waals surface area contributed by atoms with E-state index in [9.17, 15) is 25.5 Å². The van der Waals surface area contributed by atoms with Crippen molar-refractivity contribution < 1.29 is 44.1 Å². The van der Waals surface area contributed by atoms with E-state index in [-0.39, 0.29) is 51.6 Å². The van der Waals surface area contributed by atoms with E-state index in [0.29, 0.717) is 0 Å². The third-order valence-corrected chi connectivity index (χ3v) is 2.49. The van der Waals surface area contributed by atoms with Gasteiger partial charge in [0.05, 0.1) is 0 Å². The van der Waals surface area contributed by atoms with E-state index in [1.54, 1.807) is 0 Å². The van der Waals surface area contributed by atoms with Gasteiger partial charge in [-0.1, -0.05) is 98.8 Å².